The minimum atomic E-state index is -0.0999. The van der Waals surface area contributed by atoms with E-state index in [-0.39, 0.29) is 41.5 Å². The molecule has 0 fully saturated rings. The van der Waals surface area contributed by atoms with Crippen molar-refractivity contribution >= 4 is 17.3 Å². The van der Waals surface area contributed by atoms with Gasteiger partial charge in [-0.15, -0.1) is 0 Å². The summed E-state index contributed by atoms with van der Waals surface area (Å²) < 4.78 is 0. The number of hydrogen-bond donors (Lipinski definition) is 0. The summed E-state index contributed by atoms with van der Waals surface area (Å²) in [5.74, 6) is 0.584. The molecule has 0 aliphatic heterocycles. The first-order valence-electron chi connectivity index (χ1n) is 14.3. The van der Waals surface area contributed by atoms with Crippen LogP contribution in [-0.2, 0) is 16.0 Å². The third-order valence-electron chi connectivity index (χ3n) is 7.73. The van der Waals surface area contributed by atoms with E-state index in [1.165, 1.54) is 35.6 Å². The summed E-state index contributed by atoms with van der Waals surface area (Å²) in [5, 5.41) is 0. The van der Waals surface area contributed by atoms with Gasteiger partial charge >= 0.3 is 0 Å². The van der Waals surface area contributed by atoms with Crippen molar-refractivity contribution in [2.45, 2.75) is 107 Å². The zero-order chi connectivity index (χ0) is 27.7. The van der Waals surface area contributed by atoms with Gasteiger partial charge in [-0.25, -0.2) is 0 Å². The molecule has 0 heterocycles. The Morgan fingerprint density at radius 2 is 1.57 bits per heavy atom. The summed E-state index contributed by atoms with van der Waals surface area (Å²) >= 11 is 0. The standard InChI is InChI=1S/C31H40O3.C3H8/c1-7-9-24(26(8-2)29(33)15-22(6)32)16-23-17-28-27(25-12-10-19(3)21(5)14-25)13-11-20(4)31(28)30(34)18-23;1-3-2/h10-14,23-24,26H,7-9,15-18H2,1-6H3;3H2,1-2H3. The monoisotopic (exact) mass is 504 g/mol. The Morgan fingerprint density at radius 3 is 2.14 bits per heavy atom. The van der Waals surface area contributed by atoms with Gasteiger partial charge in [-0.1, -0.05) is 77.3 Å². The van der Waals surface area contributed by atoms with Crippen molar-refractivity contribution in [3.05, 3.63) is 58.1 Å². The van der Waals surface area contributed by atoms with E-state index in [1.807, 2.05) is 13.8 Å². The highest BCUT2D eigenvalue weighted by Crippen LogP contribution is 2.40. The second kappa shape index (κ2) is 14.4. The van der Waals surface area contributed by atoms with E-state index < -0.39 is 0 Å². The second-order valence-electron chi connectivity index (χ2n) is 11.1. The zero-order valence-electron chi connectivity index (χ0n) is 24.5. The molecule has 1 aliphatic rings. The van der Waals surface area contributed by atoms with E-state index in [0.29, 0.717) is 6.42 Å². The largest absolute Gasteiger partial charge is 0.300 e. The van der Waals surface area contributed by atoms with Gasteiger partial charge in [-0.3, -0.25) is 14.4 Å². The molecule has 2 aromatic carbocycles. The molecule has 0 N–H and O–H groups in total. The van der Waals surface area contributed by atoms with Crippen LogP contribution in [-0.4, -0.2) is 17.3 Å². The molecule has 202 valence electrons. The van der Waals surface area contributed by atoms with Gasteiger partial charge in [0.25, 0.3) is 0 Å². The van der Waals surface area contributed by atoms with Crippen molar-refractivity contribution < 1.29 is 14.4 Å². The Kier molecular flexibility index (Phi) is 11.9. The number of carbonyl (C=O) groups excluding carboxylic acids is 3. The van der Waals surface area contributed by atoms with Crippen LogP contribution in [0.1, 0.15) is 112 Å². The summed E-state index contributed by atoms with van der Waals surface area (Å²) in [6.07, 6.45) is 6.25. The highest BCUT2D eigenvalue weighted by Gasteiger charge is 2.34. The fraction of sp³-hybridized carbons (Fsp3) is 0.559. The van der Waals surface area contributed by atoms with Crippen LogP contribution in [0.4, 0.5) is 0 Å². The average molecular weight is 505 g/mol. The molecule has 3 nitrogen and oxygen atoms in total. The molecule has 37 heavy (non-hydrogen) atoms. The Hall–Kier alpha value is -2.55. The molecule has 0 amide bonds. The van der Waals surface area contributed by atoms with Gasteiger partial charge in [0.05, 0.1) is 6.42 Å². The SMILES string of the molecule is CCC.CCCC(CC1CC(=O)c2c(C)ccc(-c3ccc(C)c(C)c3)c2C1)C(CC)C(=O)CC(C)=O. The number of carbonyl (C=O) groups is 3. The number of rotatable bonds is 10. The molecule has 0 saturated heterocycles. The van der Waals surface area contributed by atoms with Crippen molar-refractivity contribution in [3.8, 4) is 11.1 Å². The number of benzene rings is 2. The normalized spacial score (nSPS) is 16.3. The minimum absolute atomic E-state index is 0.0290. The highest BCUT2D eigenvalue weighted by atomic mass is 16.1. The summed E-state index contributed by atoms with van der Waals surface area (Å²) in [4.78, 5) is 37.8. The second-order valence-corrected chi connectivity index (χ2v) is 11.1. The van der Waals surface area contributed by atoms with Crippen molar-refractivity contribution in [3.63, 3.8) is 0 Å². The lowest BCUT2D eigenvalue weighted by Crippen LogP contribution is -2.30. The van der Waals surface area contributed by atoms with E-state index in [4.69, 9.17) is 0 Å². The van der Waals surface area contributed by atoms with Gasteiger partial charge in [0, 0.05) is 17.9 Å². The number of fused-ring (bicyclic) bond motifs is 1. The third kappa shape index (κ3) is 7.97. The van der Waals surface area contributed by atoms with Gasteiger partial charge in [0.15, 0.2) is 5.78 Å². The molecule has 2 aromatic rings. The van der Waals surface area contributed by atoms with Gasteiger partial charge in [0.1, 0.15) is 11.6 Å². The fourth-order valence-electron chi connectivity index (χ4n) is 5.92. The molecule has 3 atom stereocenters. The van der Waals surface area contributed by atoms with Crippen LogP contribution in [0.5, 0.6) is 0 Å². The van der Waals surface area contributed by atoms with Gasteiger partial charge < -0.3 is 0 Å². The van der Waals surface area contributed by atoms with E-state index in [2.05, 4.69) is 65.0 Å². The molecule has 0 radical (unpaired) electrons. The molecule has 3 rings (SSSR count). The Balaban J connectivity index is 0.00000153. The summed E-state index contributed by atoms with van der Waals surface area (Å²) in [6, 6.07) is 10.8. The lowest BCUT2D eigenvalue weighted by molar-refractivity contribution is -0.129. The Labute approximate surface area is 225 Å². The maximum atomic E-state index is 13.4. The van der Waals surface area contributed by atoms with Crippen molar-refractivity contribution in [1.82, 2.24) is 0 Å². The first-order valence-corrected chi connectivity index (χ1v) is 14.3. The van der Waals surface area contributed by atoms with E-state index in [0.717, 1.165) is 48.8 Å². The summed E-state index contributed by atoms with van der Waals surface area (Å²) in [6.45, 7) is 16.2. The highest BCUT2D eigenvalue weighted by molar-refractivity contribution is 6.02. The minimum Gasteiger partial charge on any atom is -0.300 e. The number of aryl methyl sites for hydroxylation is 3. The predicted molar refractivity (Wildman–Crippen MR) is 155 cm³/mol. The summed E-state index contributed by atoms with van der Waals surface area (Å²) in [7, 11) is 0. The van der Waals surface area contributed by atoms with Crippen LogP contribution in [0.25, 0.3) is 11.1 Å². The lowest BCUT2D eigenvalue weighted by Gasteiger charge is -2.32. The number of Topliss-reactive ketones (excluding diaryl/α,β-unsaturated/α-hetero) is 3. The molecule has 0 bridgehead atoms. The molecule has 3 unspecified atom stereocenters. The zero-order valence-corrected chi connectivity index (χ0v) is 24.5. The van der Waals surface area contributed by atoms with E-state index in [9.17, 15) is 14.4 Å². The number of ketones is 3. The molecule has 1 aliphatic carbocycles. The van der Waals surface area contributed by atoms with E-state index in [1.54, 1.807) is 0 Å². The summed E-state index contributed by atoms with van der Waals surface area (Å²) in [5.41, 5.74) is 7.97. The fourth-order valence-corrected chi connectivity index (χ4v) is 5.92. The van der Waals surface area contributed by atoms with Crippen molar-refractivity contribution in [2.24, 2.45) is 17.8 Å². The maximum Gasteiger partial charge on any atom is 0.163 e. The molecular weight excluding hydrogens is 456 g/mol. The molecule has 3 heteroatoms. The van der Waals surface area contributed by atoms with Crippen molar-refractivity contribution in [1.29, 1.82) is 0 Å². The van der Waals surface area contributed by atoms with Crippen LogP contribution in [0.3, 0.4) is 0 Å². The quantitative estimate of drug-likeness (QED) is 0.304. The molecule has 0 aromatic heterocycles. The van der Waals surface area contributed by atoms with E-state index >= 15 is 0 Å². The lowest BCUT2D eigenvalue weighted by atomic mass is 9.71. The first-order chi connectivity index (χ1) is 17.6. The maximum absolute atomic E-state index is 13.4. The van der Waals surface area contributed by atoms with Gasteiger partial charge in [0.2, 0.25) is 0 Å². The van der Waals surface area contributed by atoms with Crippen LogP contribution in [0.2, 0.25) is 0 Å². The van der Waals surface area contributed by atoms with Crippen LogP contribution >= 0.6 is 0 Å². The molecule has 0 spiro atoms. The Bertz CT molecular complexity index is 1090. The van der Waals surface area contributed by atoms with Crippen LogP contribution < -0.4 is 0 Å². The predicted octanol–water partition coefficient (Wildman–Crippen LogP) is 8.82. The van der Waals surface area contributed by atoms with Crippen molar-refractivity contribution in [2.75, 3.05) is 0 Å². The first kappa shape index (κ1) is 30.7. The van der Waals surface area contributed by atoms with Crippen LogP contribution in [0, 0.1) is 38.5 Å². The van der Waals surface area contributed by atoms with Gasteiger partial charge in [-0.2, -0.15) is 0 Å². The number of hydrogen-bond acceptors (Lipinski definition) is 3. The average Bonchev–Trinajstić information content (AvgIpc) is 2.81. The Morgan fingerprint density at radius 1 is 0.919 bits per heavy atom. The van der Waals surface area contributed by atoms with Gasteiger partial charge in [-0.05, 0) is 92.2 Å². The van der Waals surface area contributed by atoms with Crippen LogP contribution in [0.15, 0.2) is 30.3 Å². The molecule has 0 saturated carbocycles. The third-order valence-corrected chi connectivity index (χ3v) is 7.73. The smallest absolute Gasteiger partial charge is 0.163 e. The molecular formula is C34H48O3. The topological polar surface area (TPSA) is 51.2 Å².